The second-order valence-corrected chi connectivity index (χ2v) is 16.3. The van der Waals surface area contributed by atoms with Gasteiger partial charge in [0, 0.05) is 5.57 Å². The number of ether oxygens (including phenoxy) is 1. The highest BCUT2D eigenvalue weighted by Gasteiger charge is 2.57. The molecule has 1 unspecified atom stereocenters. The minimum Gasteiger partial charge on any atom is -0.497 e. The number of carbonyl (C=O) groups excluding carboxylic acids is 1. The highest BCUT2D eigenvalue weighted by molar-refractivity contribution is 7.80. The van der Waals surface area contributed by atoms with Gasteiger partial charge in [-0.3, -0.25) is 9.35 Å². The van der Waals surface area contributed by atoms with Gasteiger partial charge in [0.15, 0.2) is 6.04 Å². The third-order valence-electron chi connectivity index (χ3n) is 12.9. The van der Waals surface area contributed by atoms with Gasteiger partial charge in [-0.2, -0.15) is 8.42 Å². The molecule has 1 aromatic carbocycles. The first-order chi connectivity index (χ1) is 22.1. The van der Waals surface area contributed by atoms with Crippen molar-refractivity contribution >= 4 is 22.3 Å². The smallest absolute Gasteiger partial charge is 0.397 e. The quantitative estimate of drug-likeness (QED) is 0.125. The van der Waals surface area contributed by atoms with Crippen molar-refractivity contribution in [2.24, 2.45) is 40.4 Å². The van der Waals surface area contributed by atoms with Crippen LogP contribution in [0.5, 0.6) is 5.75 Å². The molecule has 4 aliphatic carbocycles. The first-order valence-corrected chi connectivity index (χ1v) is 18.7. The summed E-state index contributed by atoms with van der Waals surface area (Å²) in [5, 5.41) is 12.4. The summed E-state index contributed by atoms with van der Waals surface area (Å²) >= 11 is 0. The molecule has 1 aromatic rings. The van der Waals surface area contributed by atoms with Crippen molar-refractivity contribution in [3.8, 4) is 5.75 Å². The fraction of sp³-hybridized carbons (Fsp3) is 0.676. The number of benzene rings is 1. The summed E-state index contributed by atoms with van der Waals surface area (Å²) < 4.78 is 42.6. The van der Waals surface area contributed by atoms with Crippen molar-refractivity contribution in [2.75, 3.05) is 7.11 Å². The van der Waals surface area contributed by atoms with Crippen LogP contribution in [0, 0.1) is 40.4 Å². The van der Waals surface area contributed by atoms with Crippen LogP contribution in [-0.2, 0) is 24.2 Å². The van der Waals surface area contributed by atoms with Crippen molar-refractivity contribution < 1.29 is 36.6 Å². The van der Waals surface area contributed by atoms with Gasteiger partial charge in [0.25, 0.3) is 0 Å². The predicted molar refractivity (Wildman–Crippen MR) is 180 cm³/mol. The van der Waals surface area contributed by atoms with Crippen LogP contribution < -0.4 is 10.1 Å². The Bertz CT molecular complexity index is 1520. The third-order valence-corrected chi connectivity index (χ3v) is 13.4. The van der Waals surface area contributed by atoms with Crippen molar-refractivity contribution in [1.82, 2.24) is 5.32 Å². The number of rotatable bonds is 11. The summed E-state index contributed by atoms with van der Waals surface area (Å²) in [7, 11) is -2.92. The Morgan fingerprint density at radius 2 is 1.79 bits per heavy atom. The van der Waals surface area contributed by atoms with Crippen LogP contribution in [0.1, 0.15) is 110 Å². The van der Waals surface area contributed by atoms with Gasteiger partial charge in [-0.05, 0) is 129 Å². The monoisotopic (exact) mass is 671 g/mol. The highest BCUT2D eigenvalue weighted by atomic mass is 32.3. The molecule has 10 heteroatoms. The maximum absolute atomic E-state index is 13.0. The summed E-state index contributed by atoms with van der Waals surface area (Å²) in [5.74, 6) is 1.13. The molecule has 0 saturated heterocycles. The lowest BCUT2D eigenvalue weighted by molar-refractivity contribution is -0.141. The molecule has 0 aromatic heterocycles. The Morgan fingerprint density at radius 3 is 2.43 bits per heavy atom. The average Bonchev–Trinajstić information content (AvgIpc) is 3.38. The van der Waals surface area contributed by atoms with E-state index in [1.165, 1.54) is 6.42 Å². The number of carboxylic acid groups (broad SMARTS) is 1. The van der Waals surface area contributed by atoms with Crippen molar-refractivity contribution in [1.29, 1.82) is 0 Å². The minimum atomic E-state index is -4.47. The zero-order chi connectivity index (χ0) is 34.3. The number of methoxy groups -OCH3 is 1. The number of allylic oxidation sites excluding steroid dienone is 3. The molecule has 1 amide bonds. The SMILES string of the molecule is COc1ccc([C@H](NC(=O)/C(C)=C/CC[C@@H](C)[C@H]2CCC3=C4CCC5[C@H](C)[C@@H](OS(=O)(=O)O)CC[C@]5(C)[C@H]4CC[C@@]32C)C(=O)O)cc1. The van der Waals surface area contributed by atoms with E-state index in [9.17, 15) is 27.7 Å². The lowest BCUT2D eigenvalue weighted by Gasteiger charge is -2.58. The number of hydrogen-bond donors (Lipinski definition) is 3. The molecule has 3 fully saturated rings. The third kappa shape index (κ3) is 7.06. The number of aliphatic carboxylic acids is 1. The molecule has 9 nitrogen and oxygen atoms in total. The molecule has 0 bridgehead atoms. The number of carbonyl (C=O) groups is 2. The zero-order valence-corrected chi connectivity index (χ0v) is 29.6. The van der Waals surface area contributed by atoms with E-state index in [0.29, 0.717) is 47.0 Å². The van der Waals surface area contributed by atoms with Gasteiger partial charge < -0.3 is 15.2 Å². The van der Waals surface area contributed by atoms with E-state index < -0.39 is 28.5 Å². The van der Waals surface area contributed by atoms with Crippen LogP contribution in [0.3, 0.4) is 0 Å². The Hall–Kier alpha value is -2.69. The van der Waals surface area contributed by atoms with E-state index in [4.69, 9.17) is 8.92 Å². The van der Waals surface area contributed by atoms with Crippen LogP contribution in [0.2, 0.25) is 0 Å². The van der Waals surface area contributed by atoms with E-state index in [1.807, 2.05) is 6.08 Å². The van der Waals surface area contributed by atoms with E-state index >= 15 is 0 Å². The van der Waals surface area contributed by atoms with E-state index in [-0.39, 0.29) is 22.7 Å². The number of hydrogen-bond acceptors (Lipinski definition) is 6. The van der Waals surface area contributed by atoms with E-state index in [0.717, 1.165) is 51.4 Å². The second-order valence-electron chi connectivity index (χ2n) is 15.2. The average molecular weight is 672 g/mol. The van der Waals surface area contributed by atoms with Gasteiger partial charge in [-0.25, -0.2) is 8.98 Å². The maximum Gasteiger partial charge on any atom is 0.397 e. The molecule has 5 rings (SSSR count). The van der Waals surface area contributed by atoms with Gasteiger partial charge in [-0.15, -0.1) is 0 Å². The van der Waals surface area contributed by atoms with Crippen LogP contribution in [-0.4, -0.2) is 43.2 Å². The van der Waals surface area contributed by atoms with E-state index in [1.54, 1.807) is 49.4 Å². The Balaban J connectivity index is 1.21. The molecule has 0 radical (unpaired) electrons. The molecule has 9 atom stereocenters. The topological polar surface area (TPSA) is 139 Å². The molecule has 260 valence electrons. The molecule has 0 aliphatic heterocycles. The molecule has 3 saturated carbocycles. The van der Waals surface area contributed by atoms with Crippen LogP contribution in [0.15, 0.2) is 47.1 Å². The van der Waals surface area contributed by atoms with Crippen LogP contribution in [0.4, 0.5) is 0 Å². The lowest BCUT2D eigenvalue weighted by Crippen LogP contribution is -2.52. The predicted octanol–water partition coefficient (Wildman–Crippen LogP) is 7.46. The van der Waals surface area contributed by atoms with Gasteiger partial charge in [0.05, 0.1) is 13.2 Å². The van der Waals surface area contributed by atoms with Gasteiger partial charge in [0.1, 0.15) is 5.75 Å². The summed E-state index contributed by atoms with van der Waals surface area (Å²) in [4.78, 5) is 24.9. The highest BCUT2D eigenvalue weighted by Crippen LogP contribution is 2.66. The number of amides is 1. The summed E-state index contributed by atoms with van der Waals surface area (Å²) in [5.41, 5.74) is 4.64. The fourth-order valence-corrected chi connectivity index (χ4v) is 10.9. The van der Waals surface area contributed by atoms with E-state index in [2.05, 4.69) is 33.0 Å². The minimum absolute atomic E-state index is 0.0722. The molecule has 0 spiro atoms. The standard InChI is InChI=1S/C37H53NO8S/c1-22(8-7-9-23(2)34(39)38-33(35(40)41)25-10-12-26(45-6)13-11-25)28-16-17-30-27-14-15-29-24(3)32(46-47(42,43)44)19-21-37(29,5)31(27)18-20-36(28,30)4/h9-13,22,24,28-29,31-33H,7-8,14-21H2,1-6H3,(H,38,39)(H,40,41)(H,42,43,44)/b23-9+/t22-,24+,28-,29?,31+,32+,33+,36-,37+/m1/s1. The van der Waals surface area contributed by atoms with Gasteiger partial charge >= 0.3 is 16.4 Å². The number of nitrogens with one attached hydrogen (secondary N) is 1. The van der Waals surface area contributed by atoms with Gasteiger partial charge in [0.2, 0.25) is 5.91 Å². The molecule has 4 aliphatic rings. The zero-order valence-electron chi connectivity index (χ0n) is 28.8. The molecule has 0 heterocycles. The number of fused-ring (bicyclic) bond motifs is 4. The van der Waals surface area contributed by atoms with Crippen molar-refractivity contribution in [3.05, 3.63) is 52.6 Å². The Labute approximate surface area is 280 Å². The number of carboxylic acids is 1. The van der Waals surface area contributed by atoms with Crippen LogP contribution in [0.25, 0.3) is 0 Å². The van der Waals surface area contributed by atoms with Crippen molar-refractivity contribution in [3.63, 3.8) is 0 Å². The first-order valence-electron chi connectivity index (χ1n) is 17.3. The first kappa shape index (κ1) is 35.6. The maximum atomic E-state index is 13.0. The second kappa shape index (κ2) is 13.7. The Kier molecular flexibility index (Phi) is 10.4. The van der Waals surface area contributed by atoms with Crippen molar-refractivity contribution in [2.45, 2.75) is 111 Å². The molecule has 47 heavy (non-hydrogen) atoms. The lowest BCUT2D eigenvalue weighted by atomic mass is 9.47. The summed E-state index contributed by atoms with van der Waals surface area (Å²) in [6.07, 6.45) is 11.5. The molecular formula is C37H53NO8S. The molecule has 3 N–H and O–H groups in total. The molecular weight excluding hydrogens is 618 g/mol. The summed E-state index contributed by atoms with van der Waals surface area (Å²) in [6, 6.07) is 5.52. The normalized spacial score (nSPS) is 33.7. The van der Waals surface area contributed by atoms with Gasteiger partial charge in [-0.1, -0.05) is 57.0 Å². The van der Waals surface area contributed by atoms with Crippen LogP contribution >= 0.6 is 0 Å². The Morgan fingerprint density at radius 1 is 1.09 bits per heavy atom. The summed E-state index contributed by atoms with van der Waals surface area (Å²) in [6.45, 7) is 11.1. The largest absolute Gasteiger partial charge is 0.497 e. The fourth-order valence-electron chi connectivity index (χ4n) is 10.4.